The minimum absolute atomic E-state index is 0.0318. The van der Waals surface area contributed by atoms with Crippen molar-refractivity contribution in [1.82, 2.24) is 15.1 Å². The highest BCUT2D eigenvalue weighted by Gasteiger charge is 2.22. The van der Waals surface area contributed by atoms with Crippen LogP contribution in [0.3, 0.4) is 0 Å². The Morgan fingerprint density at radius 2 is 1.87 bits per heavy atom. The number of carbonyl (C=O) groups excluding carboxylic acids is 1. The van der Waals surface area contributed by atoms with E-state index in [4.69, 9.17) is 0 Å². The van der Waals surface area contributed by atoms with Crippen LogP contribution in [0.4, 0.5) is 0 Å². The number of aromatic nitrogens is 2. The van der Waals surface area contributed by atoms with E-state index >= 15 is 0 Å². The van der Waals surface area contributed by atoms with Gasteiger partial charge in [0.2, 0.25) is 0 Å². The molecule has 23 heavy (non-hydrogen) atoms. The van der Waals surface area contributed by atoms with E-state index < -0.39 is 15.7 Å². The van der Waals surface area contributed by atoms with Crippen LogP contribution in [-0.2, 0) is 16.9 Å². The highest BCUT2D eigenvalue weighted by Crippen LogP contribution is 2.22. The van der Waals surface area contributed by atoms with Crippen molar-refractivity contribution < 1.29 is 13.2 Å². The van der Waals surface area contributed by atoms with Crippen LogP contribution in [-0.4, -0.2) is 30.4 Å². The van der Waals surface area contributed by atoms with E-state index in [1.165, 1.54) is 12.1 Å². The molecule has 1 atom stereocenters. The summed E-state index contributed by atoms with van der Waals surface area (Å²) in [6.45, 7) is 5.68. The van der Waals surface area contributed by atoms with Crippen LogP contribution in [0.2, 0.25) is 0 Å². The molecule has 0 spiro atoms. The fourth-order valence-electron chi connectivity index (χ4n) is 2.74. The van der Waals surface area contributed by atoms with Gasteiger partial charge in [-0.2, -0.15) is 5.10 Å². The Hall–Kier alpha value is -2.15. The monoisotopic (exact) mass is 335 g/mol. The van der Waals surface area contributed by atoms with E-state index in [-0.39, 0.29) is 16.5 Å². The molecular formula is C16H21N3O3S. The number of rotatable bonds is 4. The fraction of sp³-hybridized carbons (Fsp3) is 0.375. The molecule has 7 heteroatoms. The predicted molar refractivity (Wildman–Crippen MR) is 88.1 cm³/mol. The van der Waals surface area contributed by atoms with E-state index in [1.54, 1.807) is 16.8 Å². The van der Waals surface area contributed by atoms with Crippen LogP contribution in [0.1, 0.15) is 40.3 Å². The molecule has 0 saturated heterocycles. The second-order valence-corrected chi connectivity index (χ2v) is 7.66. The summed E-state index contributed by atoms with van der Waals surface area (Å²) < 4.78 is 25.4. The summed E-state index contributed by atoms with van der Waals surface area (Å²) in [7, 11) is -1.62. The largest absolute Gasteiger partial charge is 0.345 e. The van der Waals surface area contributed by atoms with Crippen molar-refractivity contribution >= 4 is 15.7 Å². The van der Waals surface area contributed by atoms with Gasteiger partial charge < -0.3 is 5.32 Å². The normalized spacial score (nSPS) is 12.9. The lowest BCUT2D eigenvalue weighted by Gasteiger charge is -2.16. The first-order valence-electron chi connectivity index (χ1n) is 7.23. The first-order valence-corrected chi connectivity index (χ1v) is 9.12. The van der Waals surface area contributed by atoms with Crippen molar-refractivity contribution in [3.05, 3.63) is 46.8 Å². The minimum Gasteiger partial charge on any atom is -0.345 e. The number of nitrogens with zero attached hydrogens (tertiary/aromatic N) is 2. The predicted octanol–water partition coefficient (Wildman–Crippen LogP) is 1.93. The average Bonchev–Trinajstić information content (AvgIpc) is 2.71. The molecule has 0 saturated carbocycles. The summed E-state index contributed by atoms with van der Waals surface area (Å²) in [4.78, 5) is 12.6. The number of amides is 1. The Kier molecular flexibility index (Phi) is 4.61. The van der Waals surface area contributed by atoms with Gasteiger partial charge in [0.25, 0.3) is 5.91 Å². The maximum atomic E-state index is 12.5. The van der Waals surface area contributed by atoms with Crippen LogP contribution in [0.15, 0.2) is 29.2 Å². The lowest BCUT2D eigenvalue weighted by atomic mass is 10.1. The summed E-state index contributed by atoms with van der Waals surface area (Å²) in [5.41, 5.74) is 2.90. The quantitative estimate of drug-likeness (QED) is 0.926. The van der Waals surface area contributed by atoms with Crippen LogP contribution in [0.5, 0.6) is 0 Å². The Balaban J connectivity index is 2.33. The summed E-state index contributed by atoms with van der Waals surface area (Å²) in [6, 6.07) is 5.93. The molecule has 0 bridgehead atoms. The molecule has 1 aromatic carbocycles. The van der Waals surface area contributed by atoms with E-state index in [2.05, 4.69) is 10.4 Å². The number of carbonyl (C=O) groups is 1. The molecule has 0 radical (unpaired) electrons. The van der Waals surface area contributed by atoms with Crippen LogP contribution in [0.25, 0.3) is 0 Å². The number of sulfone groups is 1. The molecule has 0 unspecified atom stereocenters. The van der Waals surface area contributed by atoms with E-state index in [0.717, 1.165) is 23.2 Å². The van der Waals surface area contributed by atoms with Crippen molar-refractivity contribution in [3.8, 4) is 0 Å². The Morgan fingerprint density at radius 1 is 1.26 bits per heavy atom. The topological polar surface area (TPSA) is 81.1 Å². The average molecular weight is 335 g/mol. The Labute approximate surface area is 136 Å². The molecular weight excluding hydrogens is 314 g/mol. The first-order chi connectivity index (χ1) is 10.6. The summed E-state index contributed by atoms with van der Waals surface area (Å²) in [5.74, 6) is -0.416. The van der Waals surface area contributed by atoms with Crippen molar-refractivity contribution in [3.63, 3.8) is 0 Å². The Bertz CT molecular complexity index is 853. The van der Waals surface area contributed by atoms with Gasteiger partial charge in [-0.1, -0.05) is 12.1 Å². The van der Waals surface area contributed by atoms with Crippen LogP contribution in [0, 0.1) is 13.8 Å². The molecule has 2 rings (SSSR count). The second-order valence-electron chi connectivity index (χ2n) is 5.67. The van der Waals surface area contributed by atoms with Crippen LogP contribution < -0.4 is 5.32 Å². The highest BCUT2D eigenvalue weighted by atomic mass is 32.2. The zero-order valence-electron chi connectivity index (χ0n) is 13.9. The van der Waals surface area contributed by atoms with Gasteiger partial charge in [-0.15, -0.1) is 0 Å². The number of hydrogen-bond acceptors (Lipinski definition) is 4. The van der Waals surface area contributed by atoms with Gasteiger partial charge in [0.1, 0.15) is 0 Å². The molecule has 1 heterocycles. The zero-order chi connectivity index (χ0) is 17.4. The molecule has 1 amide bonds. The third-order valence-electron chi connectivity index (χ3n) is 3.88. The third kappa shape index (κ3) is 3.44. The van der Waals surface area contributed by atoms with Crippen molar-refractivity contribution in [1.29, 1.82) is 0 Å². The van der Waals surface area contributed by atoms with E-state index in [9.17, 15) is 13.2 Å². The highest BCUT2D eigenvalue weighted by molar-refractivity contribution is 7.90. The van der Waals surface area contributed by atoms with Gasteiger partial charge in [0, 0.05) is 24.6 Å². The number of benzene rings is 1. The van der Waals surface area contributed by atoms with Gasteiger partial charge in [-0.3, -0.25) is 9.48 Å². The molecule has 0 aliphatic carbocycles. The molecule has 6 nitrogen and oxygen atoms in total. The standard InChI is InChI=1S/C16H21N3O3S/c1-10(15-11(2)18-19(4)12(15)3)17-16(20)13-8-6-7-9-14(13)23(5,21)22/h6-10H,1-5H3,(H,17,20)/t10-/m1/s1. The molecule has 2 aromatic rings. The van der Waals surface area contributed by atoms with Crippen molar-refractivity contribution in [2.24, 2.45) is 7.05 Å². The summed E-state index contributed by atoms with van der Waals surface area (Å²) >= 11 is 0. The molecule has 1 aromatic heterocycles. The number of aryl methyl sites for hydroxylation is 2. The SMILES string of the molecule is Cc1nn(C)c(C)c1[C@@H](C)NC(=O)c1ccccc1S(C)(=O)=O. The molecule has 0 aliphatic heterocycles. The smallest absolute Gasteiger partial charge is 0.253 e. The van der Waals surface area contributed by atoms with Gasteiger partial charge in [0.05, 0.1) is 22.2 Å². The maximum Gasteiger partial charge on any atom is 0.253 e. The van der Waals surface area contributed by atoms with Crippen molar-refractivity contribution in [2.45, 2.75) is 31.7 Å². The van der Waals surface area contributed by atoms with E-state index in [0.29, 0.717) is 0 Å². The molecule has 124 valence electrons. The van der Waals surface area contributed by atoms with Gasteiger partial charge in [-0.05, 0) is 32.9 Å². The van der Waals surface area contributed by atoms with E-state index in [1.807, 2.05) is 27.8 Å². The third-order valence-corrected chi connectivity index (χ3v) is 5.03. The Morgan fingerprint density at radius 3 is 2.39 bits per heavy atom. The minimum atomic E-state index is -3.47. The van der Waals surface area contributed by atoms with Gasteiger partial charge in [0.15, 0.2) is 9.84 Å². The molecule has 0 fully saturated rings. The van der Waals surface area contributed by atoms with Gasteiger partial charge >= 0.3 is 0 Å². The number of hydrogen-bond donors (Lipinski definition) is 1. The molecule has 0 aliphatic rings. The summed E-state index contributed by atoms with van der Waals surface area (Å²) in [6.07, 6.45) is 1.10. The first kappa shape index (κ1) is 17.2. The lowest BCUT2D eigenvalue weighted by molar-refractivity contribution is 0.0936. The number of nitrogens with one attached hydrogen (secondary N) is 1. The van der Waals surface area contributed by atoms with Gasteiger partial charge in [-0.25, -0.2) is 8.42 Å². The van der Waals surface area contributed by atoms with Crippen LogP contribution >= 0.6 is 0 Å². The van der Waals surface area contributed by atoms with Crippen molar-refractivity contribution in [2.75, 3.05) is 6.26 Å². The maximum absolute atomic E-state index is 12.5. The zero-order valence-corrected chi connectivity index (χ0v) is 14.7. The summed E-state index contributed by atoms with van der Waals surface area (Å²) in [5, 5.41) is 7.20. The second kappa shape index (κ2) is 6.16. The lowest BCUT2D eigenvalue weighted by Crippen LogP contribution is -2.28. The fourth-order valence-corrected chi connectivity index (χ4v) is 3.63. The molecule has 1 N–H and O–H groups in total.